The van der Waals surface area contributed by atoms with Crippen LogP contribution in [0.25, 0.3) is 22.1 Å². The fraction of sp³-hybridized carbons (Fsp3) is 0.0870. The van der Waals surface area contributed by atoms with Crippen LogP contribution in [0.3, 0.4) is 0 Å². The highest BCUT2D eigenvalue weighted by atomic mass is 19.1. The van der Waals surface area contributed by atoms with Crippen molar-refractivity contribution in [2.24, 2.45) is 0 Å². The Morgan fingerprint density at radius 3 is 2.54 bits per heavy atom. The van der Waals surface area contributed by atoms with E-state index < -0.39 is 0 Å². The third kappa shape index (κ3) is 3.47. The third-order valence-electron chi connectivity index (χ3n) is 4.46. The summed E-state index contributed by atoms with van der Waals surface area (Å²) in [6.45, 7) is 0.287. The molecule has 4 nitrogen and oxygen atoms in total. The molecule has 0 unspecified atom stereocenters. The number of para-hydroxylation sites is 1. The topological polar surface area (TPSA) is 48.7 Å². The number of fused-ring (bicyclic) bond motifs is 1. The average molecular weight is 376 g/mol. The highest BCUT2D eigenvalue weighted by Crippen LogP contribution is 2.29. The van der Waals surface area contributed by atoms with E-state index >= 15 is 0 Å². The maximum absolute atomic E-state index is 13.0. The van der Waals surface area contributed by atoms with Crippen LogP contribution >= 0.6 is 0 Å². The molecular weight excluding hydrogens is 359 g/mol. The van der Waals surface area contributed by atoms with Gasteiger partial charge in [-0.3, -0.25) is 4.79 Å². The van der Waals surface area contributed by atoms with Crippen LogP contribution in [-0.4, -0.2) is 7.11 Å². The first-order valence-electron chi connectivity index (χ1n) is 8.72. The predicted octanol–water partition coefficient (Wildman–Crippen LogP) is 5.19. The average Bonchev–Trinajstić information content (AvgIpc) is 2.73. The summed E-state index contributed by atoms with van der Waals surface area (Å²) in [5, 5.41) is 0.456. The monoisotopic (exact) mass is 376 g/mol. The van der Waals surface area contributed by atoms with E-state index in [9.17, 15) is 9.18 Å². The summed E-state index contributed by atoms with van der Waals surface area (Å²) in [5.74, 6) is 0.875. The van der Waals surface area contributed by atoms with Gasteiger partial charge in [-0.25, -0.2) is 4.39 Å². The van der Waals surface area contributed by atoms with Gasteiger partial charge in [-0.05, 0) is 35.9 Å². The van der Waals surface area contributed by atoms with E-state index in [1.54, 1.807) is 43.5 Å². The highest BCUT2D eigenvalue weighted by Gasteiger charge is 2.13. The maximum Gasteiger partial charge on any atom is 0.200 e. The molecule has 0 atom stereocenters. The van der Waals surface area contributed by atoms with Gasteiger partial charge in [0.15, 0.2) is 0 Å². The van der Waals surface area contributed by atoms with Crippen molar-refractivity contribution in [3.8, 4) is 22.6 Å². The molecule has 1 heterocycles. The van der Waals surface area contributed by atoms with Crippen LogP contribution in [0.2, 0.25) is 0 Å². The Hall–Kier alpha value is -3.60. The van der Waals surface area contributed by atoms with Crippen LogP contribution < -0.4 is 14.9 Å². The van der Waals surface area contributed by atoms with Gasteiger partial charge in [-0.15, -0.1) is 0 Å². The molecular formula is C23H17FO4. The minimum Gasteiger partial charge on any atom is -0.496 e. The molecule has 0 aliphatic rings. The SMILES string of the molecule is COc1ccccc1-c1coc2cc(OCc3ccc(F)cc3)ccc2c1=O. The van der Waals surface area contributed by atoms with Crippen LogP contribution in [0.1, 0.15) is 5.56 Å². The van der Waals surface area contributed by atoms with Crippen molar-refractivity contribution in [2.75, 3.05) is 7.11 Å². The molecule has 5 heteroatoms. The van der Waals surface area contributed by atoms with Gasteiger partial charge in [0.2, 0.25) is 5.43 Å². The summed E-state index contributed by atoms with van der Waals surface area (Å²) in [6, 6.07) is 18.5. The lowest BCUT2D eigenvalue weighted by Gasteiger charge is -2.09. The van der Waals surface area contributed by atoms with Crippen LogP contribution in [0, 0.1) is 5.82 Å². The molecule has 0 N–H and O–H groups in total. The van der Waals surface area contributed by atoms with Crippen molar-refractivity contribution in [2.45, 2.75) is 6.61 Å². The van der Waals surface area contributed by atoms with E-state index in [-0.39, 0.29) is 17.9 Å². The standard InChI is InChI=1S/C23H17FO4/c1-26-21-5-3-2-4-18(21)20-14-28-22-12-17(10-11-19(22)23(20)25)27-13-15-6-8-16(24)9-7-15/h2-12,14H,13H2,1H3. The zero-order valence-electron chi connectivity index (χ0n) is 15.1. The van der Waals surface area contributed by atoms with Crippen molar-refractivity contribution < 1.29 is 18.3 Å². The molecule has 0 saturated heterocycles. The van der Waals surface area contributed by atoms with E-state index in [0.717, 1.165) is 5.56 Å². The number of hydrogen-bond donors (Lipinski definition) is 0. The van der Waals surface area contributed by atoms with Crippen molar-refractivity contribution in [3.05, 3.63) is 94.6 Å². The molecule has 28 heavy (non-hydrogen) atoms. The van der Waals surface area contributed by atoms with Gasteiger partial charge < -0.3 is 13.9 Å². The summed E-state index contributed by atoms with van der Waals surface area (Å²) in [6.07, 6.45) is 1.44. The second-order valence-corrected chi connectivity index (χ2v) is 6.25. The molecule has 0 fully saturated rings. The van der Waals surface area contributed by atoms with E-state index in [1.807, 2.05) is 18.2 Å². The van der Waals surface area contributed by atoms with Crippen molar-refractivity contribution in [1.29, 1.82) is 0 Å². The van der Waals surface area contributed by atoms with Crippen LogP contribution in [-0.2, 0) is 6.61 Å². The lowest BCUT2D eigenvalue weighted by atomic mass is 10.0. The Balaban J connectivity index is 1.64. The van der Waals surface area contributed by atoms with Crippen LogP contribution in [0.5, 0.6) is 11.5 Å². The van der Waals surface area contributed by atoms with Gasteiger partial charge in [0, 0.05) is 11.6 Å². The second kappa shape index (κ2) is 7.56. The van der Waals surface area contributed by atoms with Crippen molar-refractivity contribution >= 4 is 11.0 Å². The zero-order chi connectivity index (χ0) is 19.5. The smallest absolute Gasteiger partial charge is 0.200 e. The van der Waals surface area contributed by atoms with E-state index in [0.29, 0.717) is 33.6 Å². The normalized spacial score (nSPS) is 10.8. The first kappa shape index (κ1) is 17.8. The van der Waals surface area contributed by atoms with E-state index in [4.69, 9.17) is 13.9 Å². The number of halogens is 1. The van der Waals surface area contributed by atoms with Gasteiger partial charge in [-0.1, -0.05) is 30.3 Å². The Labute approximate surface area is 160 Å². The molecule has 0 aliphatic carbocycles. The highest BCUT2D eigenvalue weighted by molar-refractivity contribution is 5.83. The Morgan fingerprint density at radius 2 is 1.75 bits per heavy atom. The molecule has 4 aromatic rings. The van der Waals surface area contributed by atoms with E-state index in [1.165, 1.54) is 18.4 Å². The molecule has 4 rings (SSSR count). The molecule has 0 aliphatic heterocycles. The minimum absolute atomic E-state index is 0.143. The first-order valence-corrected chi connectivity index (χ1v) is 8.72. The number of hydrogen-bond acceptors (Lipinski definition) is 4. The van der Waals surface area contributed by atoms with Crippen molar-refractivity contribution in [3.63, 3.8) is 0 Å². The third-order valence-corrected chi connectivity index (χ3v) is 4.46. The van der Waals surface area contributed by atoms with Crippen LogP contribution in [0.15, 0.2) is 82.2 Å². The Bertz CT molecular complexity index is 1180. The Kier molecular flexibility index (Phi) is 4.81. The number of methoxy groups -OCH3 is 1. The zero-order valence-corrected chi connectivity index (χ0v) is 15.1. The minimum atomic E-state index is -0.290. The largest absolute Gasteiger partial charge is 0.496 e. The molecule has 140 valence electrons. The Morgan fingerprint density at radius 1 is 0.964 bits per heavy atom. The fourth-order valence-corrected chi connectivity index (χ4v) is 3.00. The van der Waals surface area contributed by atoms with Gasteiger partial charge >= 0.3 is 0 Å². The van der Waals surface area contributed by atoms with Crippen LogP contribution in [0.4, 0.5) is 4.39 Å². The maximum atomic E-state index is 13.0. The van der Waals surface area contributed by atoms with Gasteiger partial charge in [-0.2, -0.15) is 0 Å². The number of benzene rings is 3. The predicted molar refractivity (Wildman–Crippen MR) is 105 cm³/mol. The molecule has 3 aromatic carbocycles. The van der Waals surface area contributed by atoms with E-state index in [2.05, 4.69) is 0 Å². The number of rotatable bonds is 5. The summed E-state index contributed by atoms with van der Waals surface area (Å²) in [5.41, 5.74) is 2.24. The van der Waals surface area contributed by atoms with Gasteiger partial charge in [0.25, 0.3) is 0 Å². The van der Waals surface area contributed by atoms with Gasteiger partial charge in [0.05, 0.1) is 18.1 Å². The summed E-state index contributed by atoms with van der Waals surface area (Å²) in [4.78, 5) is 12.9. The molecule has 0 radical (unpaired) electrons. The summed E-state index contributed by atoms with van der Waals surface area (Å²) < 4.78 is 29.7. The summed E-state index contributed by atoms with van der Waals surface area (Å²) >= 11 is 0. The lowest BCUT2D eigenvalue weighted by Crippen LogP contribution is -2.06. The molecule has 0 saturated carbocycles. The van der Waals surface area contributed by atoms with Crippen molar-refractivity contribution in [1.82, 2.24) is 0 Å². The fourth-order valence-electron chi connectivity index (χ4n) is 3.00. The quantitative estimate of drug-likeness (QED) is 0.481. The lowest BCUT2D eigenvalue weighted by molar-refractivity contribution is 0.306. The molecule has 0 amide bonds. The second-order valence-electron chi connectivity index (χ2n) is 6.25. The molecule has 1 aromatic heterocycles. The molecule has 0 bridgehead atoms. The molecule has 0 spiro atoms. The number of ether oxygens (including phenoxy) is 2. The first-order chi connectivity index (χ1) is 13.7. The van der Waals surface area contributed by atoms with Gasteiger partial charge in [0.1, 0.15) is 35.8 Å². The summed E-state index contributed by atoms with van der Waals surface area (Å²) in [7, 11) is 1.56.